The number of allylic oxidation sites excluding steroid dienone is 1. The van der Waals surface area contributed by atoms with Crippen LogP contribution in [0.2, 0.25) is 5.02 Å². The molecule has 186 valence electrons. The zero-order valence-corrected chi connectivity index (χ0v) is 19.8. The fourth-order valence-corrected chi connectivity index (χ4v) is 3.84. The number of halogens is 4. The lowest BCUT2D eigenvalue weighted by molar-refractivity contribution is -0.153. The number of hydrogen-bond acceptors (Lipinski definition) is 5. The largest absolute Gasteiger partial charge is 0.484 e. The lowest BCUT2D eigenvalue weighted by Gasteiger charge is -2.27. The molecule has 35 heavy (non-hydrogen) atoms. The SMILES string of the molecule is CCC(=O)N/C(=C\C(=O)N[C@]1(C)CCc2cc(OCC(F)(F)F)ccc21)C(=N)c1ccc(Cl)cn1. The van der Waals surface area contributed by atoms with Gasteiger partial charge in [0.15, 0.2) is 6.61 Å². The van der Waals surface area contributed by atoms with Gasteiger partial charge >= 0.3 is 6.18 Å². The first-order chi connectivity index (χ1) is 16.4. The van der Waals surface area contributed by atoms with Crippen LogP contribution in [0.4, 0.5) is 13.2 Å². The predicted octanol–water partition coefficient (Wildman–Crippen LogP) is 4.43. The van der Waals surface area contributed by atoms with Gasteiger partial charge in [-0.15, -0.1) is 0 Å². The van der Waals surface area contributed by atoms with Crippen LogP contribution in [0.3, 0.4) is 0 Å². The summed E-state index contributed by atoms with van der Waals surface area (Å²) in [5, 5.41) is 14.2. The van der Waals surface area contributed by atoms with Crippen molar-refractivity contribution in [2.75, 3.05) is 6.61 Å². The van der Waals surface area contributed by atoms with Gasteiger partial charge in [0.25, 0.3) is 0 Å². The average Bonchev–Trinajstić information content (AvgIpc) is 3.12. The maximum absolute atomic E-state index is 12.9. The summed E-state index contributed by atoms with van der Waals surface area (Å²) in [6.45, 7) is 2.06. The summed E-state index contributed by atoms with van der Waals surface area (Å²) < 4.78 is 42.1. The Morgan fingerprint density at radius 3 is 2.66 bits per heavy atom. The number of nitrogens with one attached hydrogen (secondary N) is 3. The van der Waals surface area contributed by atoms with Gasteiger partial charge in [0.05, 0.1) is 22.0 Å². The van der Waals surface area contributed by atoms with Gasteiger partial charge in [-0.2, -0.15) is 13.2 Å². The van der Waals surface area contributed by atoms with Crippen molar-refractivity contribution in [3.8, 4) is 5.75 Å². The third-order valence-corrected chi connectivity index (χ3v) is 5.71. The topological polar surface area (TPSA) is 104 Å². The molecule has 7 nitrogen and oxygen atoms in total. The van der Waals surface area contributed by atoms with Crippen molar-refractivity contribution in [2.24, 2.45) is 0 Å². The first-order valence-corrected chi connectivity index (χ1v) is 11.2. The second kappa shape index (κ2) is 10.5. The predicted molar refractivity (Wildman–Crippen MR) is 124 cm³/mol. The molecule has 0 unspecified atom stereocenters. The lowest BCUT2D eigenvalue weighted by Crippen LogP contribution is -2.41. The highest BCUT2D eigenvalue weighted by atomic mass is 35.5. The van der Waals surface area contributed by atoms with Crippen LogP contribution in [-0.4, -0.2) is 35.3 Å². The molecule has 3 rings (SSSR count). The number of aromatic nitrogens is 1. The molecular weight excluding hydrogens is 485 g/mol. The molecule has 11 heteroatoms. The van der Waals surface area contributed by atoms with E-state index in [4.69, 9.17) is 21.7 Å². The minimum absolute atomic E-state index is 0.0260. The van der Waals surface area contributed by atoms with Crippen molar-refractivity contribution in [2.45, 2.75) is 44.8 Å². The van der Waals surface area contributed by atoms with E-state index in [1.165, 1.54) is 18.3 Å². The molecule has 3 N–H and O–H groups in total. The molecule has 0 aliphatic heterocycles. The fraction of sp³-hybridized carbons (Fsp3) is 0.333. The number of rotatable bonds is 8. The average molecular weight is 509 g/mol. The normalized spacial score (nSPS) is 17.5. The molecule has 0 radical (unpaired) electrons. The van der Waals surface area contributed by atoms with Crippen molar-refractivity contribution >= 4 is 29.1 Å². The van der Waals surface area contributed by atoms with Gasteiger partial charge in [0.2, 0.25) is 11.8 Å². The van der Waals surface area contributed by atoms with Crippen LogP contribution in [0.15, 0.2) is 48.3 Å². The van der Waals surface area contributed by atoms with Crippen molar-refractivity contribution in [3.05, 3.63) is 70.1 Å². The molecule has 1 aliphatic carbocycles. The van der Waals surface area contributed by atoms with Gasteiger partial charge in [-0.3, -0.25) is 20.0 Å². The number of ether oxygens (including phenoxy) is 1. The number of nitrogens with zero attached hydrogens (tertiary/aromatic N) is 1. The van der Waals surface area contributed by atoms with Crippen LogP contribution >= 0.6 is 11.6 Å². The molecule has 1 aliphatic rings. The minimum Gasteiger partial charge on any atom is -0.484 e. The molecule has 2 aromatic rings. The number of alkyl halides is 3. The Morgan fingerprint density at radius 1 is 1.29 bits per heavy atom. The number of fused-ring (bicyclic) bond motifs is 1. The highest BCUT2D eigenvalue weighted by Crippen LogP contribution is 2.38. The molecule has 2 amide bonds. The van der Waals surface area contributed by atoms with E-state index in [0.29, 0.717) is 17.9 Å². The van der Waals surface area contributed by atoms with Crippen molar-refractivity contribution in [3.63, 3.8) is 0 Å². The smallest absolute Gasteiger partial charge is 0.422 e. The number of pyridine rings is 1. The van der Waals surface area contributed by atoms with Gasteiger partial charge in [0.1, 0.15) is 11.5 Å². The highest BCUT2D eigenvalue weighted by molar-refractivity contribution is 6.30. The molecule has 0 bridgehead atoms. The third-order valence-electron chi connectivity index (χ3n) is 5.49. The Balaban J connectivity index is 1.80. The third kappa shape index (κ3) is 6.82. The molecule has 0 saturated heterocycles. The standard InChI is InChI=1S/C24H24ClF3N4O3/c1-3-20(33)31-19(22(29)18-7-4-15(25)12-30-18)11-21(34)32-23(2)9-8-14-10-16(5-6-17(14)23)35-13-24(26,27)28/h4-7,10-12,29H,3,8-9,13H2,1-2H3,(H,31,33)(H,32,34)/b19-11-,29-22?/t23-/m1/s1. The molecule has 1 aromatic carbocycles. The Labute approximate surface area is 205 Å². The number of aryl methyl sites for hydroxylation is 1. The van der Waals surface area contributed by atoms with E-state index in [1.54, 1.807) is 32.0 Å². The highest BCUT2D eigenvalue weighted by Gasteiger charge is 2.36. The lowest BCUT2D eigenvalue weighted by atomic mass is 9.94. The quantitative estimate of drug-likeness (QED) is 0.362. The first kappa shape index (κ1) is 26.2. The van der Waals surface area contributed by atoms with Crippen LogP contribution in [0.25, 0.3) is 0 Å². The zero-order chi connectivity index (χ0) is 25.8. The molecular formula is C24H24ClF3N4O3. The summed E-state index contributed by atoms with van der Waals surface area (Å²) in [5.41, 5.74) is 0.755. The summed E-state index contributed by atoms with van der Waals surface area (Å²) >= 11 is 5.85. The number of amides is 2. The Kier molecular flexibility index (Phi) is 7.84. The van der Waals surface area contributed by atoms with Gasteiger partial charge < -0.3 is 15.4 Å². The van der Waals surface area contributed by atoms with Gasteiger partial charge in [-0.25, -0.2) is 0 Å². The van der Waals surface area contributed by atoms with Crippen LogP contribution in [0, 0.1) is 5.41 Å². The first-order valence-electron chi connectivity index (χ1n) is 10.8. The second-order valence-corrected chi connectivity index (χ2v) is 8.68. The summed E-state index contributed by atoms with van der Waals surface area (Å²) in [6, 6.07) is 7.66. The summed E-state index contributed by atoms with van der Waals surface area (Å²) in [7, 11) is 0. The van der Waals surface area contributed by atoms with E-state index in [9.17, 15) is 22.8 Å². The van der Waals surface area contributed by atoms with Gasteiger partial charge in [-0.1, -0.05) is 24.6 Å². The van der Waals surface area contributed by atoms with E-state index in [0.717, 1.165) is 17.2 Å². The molecule has 0 spiro atoms. The second-order valence-electron chi connectivity index (χ2n) is 8.24. The molecule has 0 saturated carbocycles. The monoisotopic (exact) mass is 508 g/mol. The van der Waals surface area contributed by atoms with E-state index >= 15 is 0 Å². The Morgan fingerprint density at radius 2 is 2.03 bits per heavy atom. The molecule has 1 atom stereocenters. The van der Waals surface area contributed by atoms with Crippen LogP contribution in [0.5, 0.6) is 5.75 Å². The van der Waals surface area contributed by atoms with E-state index in [1.807, 2.05) is 0 Å². The maximum Gasteiger partial charge on any atom is 0.422 e. The molecule has 0 fully saturated rings. The van der Waals surface area contributed by atoms with Crippen LogP contribution in [0.1, 0.15) is 43.5 Å². The minimum atomic E-state index is -4.44. The van der Waals surface area contributed by atoms with E-state index in [2.05, 4.69) is 15.6 Å². The van der Waals surface area contributed by atoms with Crippen molar-refractivity contribution < 1.29 is 27.5 Å². The van der Waals surface area contributed by atoms with Crippen molar-refractivity contribution in [1.82, 2.24) is 15.6 Å². The molecule has 1 aromatic heterocycles. The number of benzene rings is 1. The zero-order valence-electron chi connectivity index (χ0n) is 19.1. The fourth-order valence-electron chi connectivity index (χ4n) is 3.73. The Hall–Kier alpha value is -3.40. The summed E-state index contributed by atoms with van der Waals surface area (Å²) in [5.74, 6) is -0.834. The van der Waals surface area contributed by atoms with Crippen LogP contribution < -0.4 is 15.4 Å². The van der Waals surface area contributed by atoms with Gasteiger partial charge in [0, 0.05) is 18.7 Å². The number of carbonyl (C=O) groups is 2. The number of carbonyl (C=O) groups excluding carboxylic acids is 2. The maximum atomic E-state index is 12.9. The molecule has 1 heterocycles. The Bertz CT molecular complexity index is 1170. The van der Waals surface area contributed by atoms with E-state index < -0.39 is 24.2 Å². The van der Waals surface area contributed by atoms with Crippen molar-refractivity contribution in [1.29, 1.82) is 5.41 Å². The van der Waals surface area contributed by atoms with Gasteiger partial charge in [-0.05, 0) is 55.2 Å². The van der Waals surface area contributed by atoms with Crippen LogP contribution in [-0.2, 0) is 21.5 Å². The van der Waals surface area contributed by atoms with E-state index in [-0.39, 0.29) is 35.2 Å². The summed E-state index contributed by atoms with van der Waals surface area (Å²) in [4.78, 5) is 29.0. The number of hydrogen-bond donors (Lipinski definition) is 3. The summed E-state index contributed by atoms with van der Waals surface area (Å²) in [6.07, 6.45) is -0.775.